The largest absolute Gasteiger partial charge is 0.338 e. The minimum atomic E-state index is -3.60. The standard InChI is InChI=1S/C17H24N4O3S/c1-11(2)15(17(22)21-9-8-18-12(3)10-21)19-16-13-6-4-5-7-14(13)25(23,24)20-16/h4-7,11-12,15,18H,8-10H2,1-3H3,(H,19,20)/t12-,15+/m1/s1. The maximum Gasteiger partial charge on any atom is 0.263 e. The summed E-state index contributed by atoms with van der Waals surface area (Å²) >= 11 is 0. The van der Waals surface area contributed by atoms with Crippen molar-refractivity contribution < 1.29 is 13.2 Å². The number of carbonyl (C=O) groups excluding carboxylic acids is 1. The molecule has 1 saturated heterocycles. The van der Waals surface area contributed by atoms with Gasteiger partial charge in [0.15, 0.2) is 0 Å². The average molecular weight is 364 g/mol. The summed E-state index contributed by atoms with van der Waals surface area (Å²) in [5.41, 5.74) is 0.523. The maximum atomic E-state index is 13.0. The summed E-state index contributed by atoms with van der Waals surface area (Å²) in [6, 6.07) is 6.32. The van der Waals surface area contributed by atoms with Crippen LogP contribution in [-0.2, 0) is 14.8 Å². The number of rotatable bonds is 3. The highest BCUT2D eigenvalue weighted by Gasteiger charge is 2.34. The molecule has 3 rings (SSSR count). The first-order valence-corrected chi connectivity index (χ1v) is 10.00. The Hall–Kier alpha value is -1.93. The Bertz CT molecular complexity index is 804. The zero-order chi connectivity index (χ0) is 18.2. The third-order valence-electron chi connectivity index (χ3n) is 4.50. The Kier molecular flexibility index (Phi) is 4.83. The van der Waals surface area contributed by atoms with Crippen LogP contribution in [-0.4, -0.2) is 56.8 Å². The van der Waals surface area contributed by atoms with Crippen molar-refractivity contribution >= 4 is 21.8 Å². The van der Waals surface area contributed by atoms with Gasteiger partial charge in [-0.05, 0) is 25.0 Å². The quantitative estimate of drug-likeness (QED) is 0.820. The second-order valence-corrected chi connectivity index (χ2v) is 8.56. The number of nitrogens with one attached hydrogen (secondary N) is 2. The van der Waals surface area contributed by atoms with Gasteiger partial charge < -0.3 is 10.2 Å². The second kappa shape index (κ2) is 6.76. The SMILES string of the molecule is CC(C)[C@H](N=C1NS(=O)(=O)c2ccccc21)C(=O)N1CCN[C@H](C)C1. The molecule has 2 aliphatic rings. The lowest BCUT2D eigenvalue weighted by Gasteiger charge is -2.34. The molecule has 0 aromatic heterocycles. The molecule has 0 spiro atoms. The molecule has 8 heteroatoms. The van der Waals surface area contributed by atoms with Gasteiger partial charge in [0.2, 0.25) is 5.91 Å². The highest BCUT2D eigenvalue weighted by atomic mass is 32.2. The van der Waals surface area contributed by atoms with Crippen LogP contribution in [0.1, 0.15) is 26.3 Å². The van der Waals surface area contributed by atoms with Gasteiger partial charge in [-0.1, -0.05) is 26.0 Å². The van der Waals surface area contributed by atoms with Gasteiger partial charge in [0, 0.05) is 31.2 Å². The van der Waals surface area contributed by atoms with E-state index in [2.05, 4.69) is 15.0 Å². The van der Waals surface area contributed by atoms with Gasteiger partial charge in [-0.2, -0.15) is 0 Å². The number of fused-ring (bicyclic) bond motifs is 1. The Morgan fingerprint density at radius 2 is 2.04 bits per heavy atom. The molecule has 7 nitrogen and oxygen atoms in total. The van der Waals surface area contributed by atoms with Crippen molar-refractivity contribution in [2.75, 3.05) is 19.6 Å². The van der Waals surface area contributed by atoms with Gasteiger partial charge in [-0.15, -0.1) is 0 Å². The molecule has 1 fully saturated rings. The molecular formula is C17H24N4O3S. The molecule has 0 bridgehead atoms. The van der Waals surface area contributed by atoms with Crippen LogP contribution in [0.15, 0.2) is 34.2 Å². The van der Waals surface area contributed by atoms with Crippen molar-refractivity contribution in [2.24, 2.45) is 10.9 Å². The molecule has 0 aliphatic carbocycles. The Morgan fingerprint density at radius 3 is 2.72 bits per heavy atom. The van der Waals surface area contributed by atoms with Crippen LogP contribution in [0.2, 0.25) is 0 Å². The fourth-order valence-corrected chi connectivity index (χ4v) is 4.42. The maximum absolute atomic E-state index is 13.0. The first kappa shape index (κ1) is 17.9. The molecule has 0 unspecified atom stereocenters. The molecule has 25 heavy (non-hydrogen) atoms. The smallest absolute Gasteiger partial charge is 0.263 e. The molecule has 1 aromatic carbocycles. The summed E-state index contributed by atoms with van der Waals surface area (Å²) in [6.07, 6.45) is 0. The molecule has 2 aliphatic heterocycles. The van der Waals surface area contributed by atoms with E-state index in [9.17, 15) is 13.2 Å². The number of carbonyl (C=O) groups is 1. The minimum absolute atomic E-state index is 0.0394. The van der Waals surface area contributed by atoms with Crippen molar-refractivity contribution in [2.45, 2.75) is 37.8 Å². The second-order valence-electron chi connectivity index (χ2n) is 6.91. The highest BCUT2D eigenvalue weighted by Crippen LogP contribution is 2.24. The fourth-order valence-electron chi connectivity index (χ4n) is 3.18. The number of amides is 1. The first-order valence-electron chi connectivity index (χ1n) is 8.52. The molecule has 0 radical (unpaired) electrons. The van der Waals surface area contributed by atoms with Crippen LogP contribution in [0, 0.1) is 5.92 Å². The number of piperazine rings is 1. The normalized spacial score (nSPS) is 24.9. The number of hydrogen-bond acceptors (Lipinski definition) is 5. The van der Waals surface area contributed by atoms with Gasteiger partial charge in [-0.25, -0.2) is 8.42 Å². The summed E-state index contributed by atoms with van der Waals surface area (Å²) in [7, 11) is -3.60. The van der Waals surface area contributed by atoms with E-state index in [1.165, 1.54) is 0 Å². The number of sulfonamides is 1. The van der Waals surface area contributed by atoms with Crippen molar-refractivity contribution in [1.82, 2.24) is 14.9 Å². The molecule has 2 heterocycles. The van der Waals surface area contributed by atoms with Crippen molar-refractivity contribution in [3.05, 3.63) is 29.8 Å². The molecule has 2 N–H and O–H groups in total. The zero-order valence-corrected chi connectivity index (χ0v) is 15.5. The van der Waals surface area contributed by atoms with Crippen molar-refractivity contribution in [3.63, 3.8) is 0 Å². The Balaban J connectivity index is 1.92. The van der Waals surface area contributed by atoms with Gasteiger partial charge in [0.1, 0.15) is 11.9 Å². The number of aliphatic imine (C=N–C) groups is 1. The number of hydrogen-bond donors (Lipinski definition) is 2. The summed E-state index contributed by atoms with van der Waals surface area (Å²) in [4.78, 5) is 19.5. The number of amidine groups is 1. The first-order chi connectivity index (χ1) is 11.8. The molecule has 2 atom stereocenters. The molecule has 1 amide bonds. The van der Waals surface area contributed by atoms with Gasteiger partial charge >= 0.3 is 0 Å². The van der Waals surface area contributed by atoms with E-state index >= 15 is 0 Å². The lowest BCUT2D eigenvalue weighted by molar-refractivity contribution is -0.134. The van der Waals surface area contributed by atoms with Crippen LogP contribution < -0.4 is 10.0 Å². The van der Waals surface area contributed by atoms with Crippen LogP contribution in [0.3, 0.4) is 0 Å². The highest BCUT2D eigenvalue weighted by molar-refractivity contribution is 7.90. The van der Waals surface area contributed by atoms with E-state index in [0.717, 1.165) is 6.54 Å². The van der Waals surface area contributed by atoms with E-state index in [0.29, 0.717) is 18.7 Å². The average Bonchev–Trinajstić information content (AvgIpc) is 2.83. The topological polar surface area (TPSA) is 90.9 Å². The minimum Gasteiger partial charge on any atom is -0.338 e. The number of nitrogens with zero attached hydrogens (tertiary/aromatic N) is 2. The summed E-state index contributed by atoms with van der Waals surface area (Å²) < 4.78 is 27.0. The van der Waals surface area contributed by atoms with Crippen molar-refractivity contribution in [3.8, 4) is 0 Å². The van der Waals surface area contributed by atoms with Crippen molar-refractivity contribution in [1.29, 1.82) is 0 Å². The molecule has 136 valence electrons. The lowest BCUT2D eigenvalue weighted by Crippen LogP contribution is -2.54. The Labute approximate surface area is 148 Å². The van der Waals surface area contributed by atoms with E-state index in [4.69, 9.17) is 0 Å². The van der Waals surface area contributed by atoms with E-state index in [-0.39, 0.29) is 28.6 Å². The zero-order valence-electron chi connectivity index (χ0n) is 14.7. The van der Waals surface area contributed by atoms with Crippen LogP contribution >= 0.6 is 0 Å². The van der Waals surface area contributed by atoms with Crippen LogP contribution in [0.25, 0.3) is 0 Å². The summed E-state index contributed by atoms with van der Waals surface area (Å²) in [5.74, 6) is 0.160. The van der Waals surface area contributed by atoms with E-state index in [1.54, 1.807) is 24.3 Å². The Morgan fingerprint density at radius 1 is 1.32 bits per heavy atom. The third-order valence-corrected chi connectivity index (χ3v) is 5.89. The lowest BCUT2D eigenvalue weighted by atomic mass is 10.0. The molecular weight excluding hydrogens is 340 g/mol. The summed E-state index contributed by atoms with van der Waals surface area (Å²) in [6.45, 7) is 7.91. The molecule has 0 saturated carbocycles. The third kappa shape index (κ3) is 3.55. The van der Waals surface area contributed by atoms with Crippen LogP contribution in [0.4, 0.5) is 0 Å². The summed E-state index contributed by atoms with van der Waals surface area (Å²) in [5, 5.41) is 3.31. The predicted octanol–water partition coefficient (Wildman–Crippen LogP) is 0.570. The van der Waals surface area contributed by atoms with Crippen LogP contribution in [0.5, 0.6) is 0 Å². The van der Waals surface area contributed by atoms with Gasteiger partial charge in [0.25, 0.3) is 10.0 Å². The van der Waals surface area contributed by atoms with Gasteiger partial charge in [0.05, 0.1) is 4.90 Å². The van der Waals surface area contributed by atoms with Gasteiger partial charge in [-0.3, -0.25) is 14.5 Å². The number of benzene rings is 1. The monoisotopic (exact) mass is 364 g/mol. The van der Waals surface area contributed by atoms with E-state index < -0.39 is 16.1 Å². The fraction of sp³-hybridized carbons (Fsp3) is 0.529. The van der Waals surface area contributed by atoms with E-state index in [1.807, 2.05) is 25.7 Å². The predicted molar refractivity (Wildman–Crippen MR) is 96.0 cm³/mol. The molecule has 1 aromatic rings.